The molecular formula is C17H24ClFN4O3S. The van der Waals surface area contributed by atoms with Gasteiger partial charge in [0.2, 0.25) is 15.9 Å². The number of amides is 1. The molecule has 7 nitrogen and oxygen atoms in total. The lowest BCUT2D eigenvalue weighted by atomic mass is 10.3. The molecule has 2 heterocycles. The summed E-state index contributed by atoms with van der Waals surface area (Å²) in [6.07, 6.45) is 0. The van der Waals surface area contributed by atoms with E-state index in [1.807, 2.05) is 16.8 Å². The van der Waals surface area contributed by atoms with Crippen molar-refractivity contribution in [3.63, 3.8) is 0 Å². The maximum Gasteiger partial charge on any atom is 0.243 e. The number of carbonyl (C=O) groups is 1. The first kappa shape index (κ1) is 20.5. The fraction of sp³-hybridized carbons (Fsp3) is 0.588. The van der Waals surface area contributed by atoms with Crippen LogP contribution in [0.15, 0.2) is 23.1 Å². The van der Waals surface area contributed by atoms with Gasteiger partial charge in [0.15, 0.2) is 0 Å². The van der Waals surface area contributed by atoms with Gasteiger partial charge in [-0.1, -0.05) is 11.6 Å². The van der Waals surface area contributed by atoms with E-state index in [-0.39, 0.29) is 28.9 Å². The summed E-state index contributed by atoms with van der Waals surface area (Å²) in [6.45, 7) is 5.04. The lowest BCUT2D eigenvalue weighted by Gasteiger charge is -2.36. The molecule has 3 rings (SSSR count). The third kappa shape index (κ3) is 4.78. The average Bonchev–Trinajstić information content (AvgIpc) is 2.65. The highest BCUT2D eigenvalue weighted by molar-refractivity contribution is 7.89. The van der Waals surface area contributed by atoms with Gasteiger partial charge in [-0.05, 0) is 25.2 Å². The minimum absolute atomic E-state index is 0.0177. The molecule has 2 aliphatic rings. The lowest BCUT2D eigenvalue weighted by Crippen LogP contribution is -2.53. The molecule has 0 radical (unpaired) electrons. The zero-order chi connectivity index (χ0) is 19.6. The molecule has 0 atom stereocenters. The zero-order valence-electron chi connectivity index (χ0n) is 15.3. The van der Waals surface area contributed by atoms with Gasteiger partial charge in [-0.25, -0.2) is 12.8 Å². The van der Waals surface area contributed by atoms with Crippen LogP contribution in [0.3, 0.4) is 0 Å². The predicted molar refractivity (Wildman–Crippen MR) is 101 cm³/mol. The normalized spacial score (nSPS) is 20.8. The number of sulfonamides is 1. The second kappa shape index (κ2) is 8.40. The van der Waals surface area contributed by atoms with Crippen molar-refractivity contribution in [2.45, 2.75) is 4.90 Å². The van der Waals surface area contributed by atoms with Crippen LogP contribution in [0.4, 0.5) is 4.39 Å². The molecule has 150 valence electrons. The van der Waals surface area contributed by atoms with Gasteiger partial charge in [0.25, 0.3) is 0 Å². The first-order chi connectivity index (χ1) is 12.8. The Morgan fingerprint density at radius 2 is 1.70 bits per heavy atom. The summed E-state index contributed by atoms with van der Waals surface area (Å²) < 4.78 is 40.1. The summed E-state index contributed by atoms with van der Waals surface area (Å²) >= 11 is 5.71. The molecule has 27 heavy (non-hydrogen) atoms. The quantitative estimate of drug-likeness (QED) is 0.715. The van der Waals surface area contributed by atoms with Crippen molar-refractivity contribution >= 4 is 27.5 Å². The molecule has 0 bridgehead atoms. The summed E-state index contributed by atoms with van der Waals surface area (Å²) in [5, 5.41) is -0.215. The topological polar surface area (TPSA) is 64.2 Å². The Kier molecular flexibility index (Phi) is 6.37. The molecule has 0 N–H and O–H groups in total. The zero-order valence-corrected chi connectivity index (χ0v) is 16.8. The van der Waals surface area contributed by atoms with E-state index in [1.54, 1.807) is 0 Å². The van der Waals surface area contributed by atoms with Crippen LogP contribution in [-0.4, -0.2) is 99.3 Å². The molecule has 0 spiro atoms. The van der Waals surface area contributed by atoms with E-state index in [0.29, 0.717) is 19.6 Å². The number of benzene rings is 1. The van der Waals surface area contributed by atoms with Crippen LogP contribution in [0.5, 0.6) is 0 Å². The first-order valence-electron chi connectivity index (χ1n) is 8.91. The minimum Gasteiger partial charge on any atom is -0.339 e. The van der Waals surface area contributed by atoms with Gasteiger partial charge in [-0.15, -0.1) is 0 Å². The van der Waals surface area contributed by atoms with Crippen LogP contribution in [0.2, 0.25) is 5.02 Å². The Bertz CT molecular complexity index is 791. The standard InChI is InChI=1S/C17H24ClFN4O3S/c1-20-4-8-22(9-5-20)17(24)13-21-6-10-23(11-7-21)27(25,26)14-2-3-16(19)15(18)12-14/h2-3,12H,4-11,13H2,1H3. The molecule has 1 aromatic carbocycles. The molecule has 10 heteroatoms. The highest BCUT2D eigenvalue weighted by Crippen LogP contribution is 2.23. The van der Waals surface area contributed by atoms with Crippen LogP contribution < -0.4 is 0 Å². The van der Waals surface area contributed by atoms with Crippen molar-refractivity contribution in [1.29, 1.82) is 0 Å². The maximum atomic E-state index is 13.3. The molecule has 1 aromatic rings. The molecule has 2 saturated heterocycles. The fourth-order valence-electron chi connectivity index (χ4n) is 3.26. The molecule has 2 aliphatic heterocycles. The van der Waals surface area contributed by atoms with Crippen LogP contribution >= 0.6 is 11.6 Å². The van der Waals surface area contributed by atoms with Gasteiger partial charge in [0, 0.05) is 52.4 Å². The van der Waals surface area contributed by atoms with Crippen molar-refractivity contribution < 1.29 is 17.6 Å². The molecule has 0 unspecified atom stereocenters. The Hall–Kier alpha value is -1.26. The van der Waals surface area contributed by atoms with E-state index in [1.165, 1.54) is 10.4 Å². The molecule has 2 fully saturated rings. The third-order valence-corrected chi connectivity index (χ3v) is 7.26. The van der Waals surface area contributed by atoms with Crippen molar-refractivity contribution in [2.75, 3.05) is 66.0 Å². The summed E-state index contributed by atoms with van der Waals surface area (Å²) in [5.41, 5.74) is 0. The van der Waals surface area contributed by atoms with Gasteiger partial charge in [-0.2, -0.15) is 4.31 Å². The van der Waals surface area contributed by atoms with Crippen molar-refractivity contribution in [2.24, 2.45) is 0 Å². The molecule has 0 saturated carbocycles. The Morgan fingerprint density at radius 1 is 1.07 bits per heavy atom. The number of piperazine rings is 2. The molecular weight excluding hydrogens is 395 g/mol. The van der Waals surface area contributed by atoms with Crippen LogP contribution in [-0.2, 0) is 14.8 Å². The maximum absolute atomic E-state index is 13.3. The molecule has 0 aromatic heterocycles. The number of likely N-dealkylation sites (N-methyl/N-ethyl adjacent to an activating group) is 1. The lowest BCUT2D eigenvalue weighted by molar-refractivity contribution is -0.134. The summed E-state index contributed by atoms with van der Waals surface area (Å²) in [7, 11) is -1.69. The van der Waals surface area contributed by atoms with Crippen LogP contribution in [0, 0.1) is 5.82 Å². The third-order valence-electron chi connectivity index (χ3n) is 5.07. The van der Waals surface area contributed by atoms with E-state index < -0.39 is 15.8 Å². The van der Waals surface area contributed by atoms with Gasteiger partial charge >= 0.3 is 0 Å². The van der Waals surface area contributed by atoms with E-state index >= 15 is 0 Å². The van der Waals surface area contributed by atoms with Crippen LogP contribution in [0.25, 0.3) is 0 Å². The Morgan fingerprint density at radius 3 is 2.30 bits per heavy atom. The monoisotopic (exact) mass is 418 g/mol. The average molecular weight is 419 g/mol. The summed E-state index contributed by atoms with van der Waals surface area (Å²) in [4.78, 5) is 18.4. The number of hydrogen-bond acceptors (Lipinski definition) is 5. The van der Waals surface area contributed by atoms with Crippen molar-refractivity contribution in [3.8, 4) is 0 Å². The smallest absolute Gasteiger partial charge is 0.243 e. The number of nitrogens with zero attached hydrogens (tertiary/aromatic N) is 4. The second-order valence-electron chi connectivity index (χ2n) is 6.94. The van der Waals surface area contributed by atoms with E-state index in [0.717, 1.165) is 38.3 Å². The first-order valence-corrected chi connectivity index (χ1v) is 10.7. The van der Waals surface area contributed by atoms with E-state index in [2.05, 4.69) is 4.90 Å². The SMILES string of the molecule is CN1CCN(C(=O)CN2CCN(S(=O)(=O)c3ccc(F)c(Cl)c3)CC2)CC1. The minimum atomic E-state index is -3.73. The largest absolute Gasteiger partial charge is 0.339 e. The van der Waals surface area contributed by atoms with Gasteiger partial charge in [0.1, 0.15) is 5.82 Å². The Labute approximate surface area is 164 Å². The summed E-state index contributed by atoms with van der Waals surface area (Å²) in [6, 6.07) is 3.41. The molecule has 0 aliphatic carbocycles. The van der Waals surface area contributed by atoms with Gasteiger partial charge in [0.05, 0.1) is 16.5 Å². The van der Waals surface area contributed by atoms with Gasteiger partial charge < -0.3 is 9.80 Å². The van der Waals surface area contributed by atoms with Crippen LogP contribution in [0.1, 0.15) is 0 Å². The number of carbonyl (C=O) groups excluding carboxylic acids is 1. The van der Waals surface area contributed by atoms with Crippen molar-refractivity contribution in [3.05, 3.63) is 29.0 Å². The number of halogens is 2. The van der Waals surface area contributed by atoms with E-state index in [4.69, 9.17) is 11.6 Å². The van der Waals surface area contributed by atoms with Crippen molar-refractivity contribution in [1.82, 2.24) is 19.0 Å². The highest BCUT2D eigenvalue weighted by Gasteiger charge is 2.30. The fourth-order valence-corrected chi connectivity index (χ4v) is 4.96. The molecule has 1 amide bonds. The highest BCUT2D eigenvalue weighted by atomic mass is 35.5. The Balaban J connectivity index is 1.55. The predicted octanol–water partition coefficient (Wildman–Crippen LogP) is 0.559. The number of rotatable bonds is 4. The second-order valence-corrected chi connectivity index (χ2v) is 9.29. The van der Waals surface area contributed by atoms with Gasteiger partial charge in [-0.3, -0.25) is 9.69 Å². The number of hydrogen-bond donors (Lipinski definition) is 0. The van der Waals surface area contributed by atoms with E-state index in [9.17, 15) is 17.6 Å². The summed E-state index contributed by atoms with van der Waals surface area (Å²) in [5.74, 6) is -0.562.